The maximum Gasteiger partial charge on any atom is 0.0808 e. The predicted molar refractivity (Wildman–Crippen MR) is 65.8 cm³/mol. The molecule has 2 heterocycles. The van der Waals surface area contributed by atoms with Gasteiger partial charge in [0.05, 0.1) is 32.4 Å². The molecule has 0 amide bonds. The highest BCUT2D eigenvalue weighted by molar-refractivity contribution is 5.33. The molecular weight excluding hydrogens is 216 g/mol. The third-order valence-electron chi connectivity index (χ3n) is 3.81. The lowest BCUT2D eigenvalue weighted by atomic mass is 9.95. The molecule has 1 N–H and O–H groups in total. The van der Waals surface area contributed by atoms with Gasteiger partial charge in [0.2, 0.25) is 0 Å². The number of hydrogen-bond donors (Lipinski definition) is 1. The number of aliphatic hydroxyl groups is 1. The van der Waals surface area contributed by atoms with Gasteiger partial charge in [-0.15, -0.1) is 0 Å². The first-order valence-electron chi connectivity index (χ1n) is 6.49. The molecule has 1 saturated heterocycles. The molecule has 1 aliphatic carbocycles. The van der Waals surface area contributed by atoms with Crippen LogP contribution >= 0.6 is 0 Å². The summed E-state index contributed by atoms with van der Waals surface area (Å²) in [6.45, 7) is 5.61. The molecule has 1 aromatic heterocycles. The van der Waals surface area contributed by atoms with Crippen LogP contribution < -0.4 is 5.01 Å². The van der Waals surface area contributed by atoms with Gasteiger partial charge in [0.1, 0.15) is 0 Å². The summed E-state index contributed by atoms with van der Waals surface area (Å²) in [5.74, 6) is 0. The van der Waals surface area contributed by atoms with E-state index in [0.717, 1.165) is 51.1 Å². The van der Waals surface area contributed by atoms with Crippen molar-refractivity contribution in [2.75, 3.05) is 31.3 Å². The summed E-state index contributed by atoms with van der Waals surface area (Å²) in [5.41, 5.74) is 3.68. The zero-order valence-corrected chi connectivity index (χ0v) is 10.4. The van der Waals surface area contributed by atoms with E-state index in [-0.39, 0.29) is 6.10 Å². The standard InChI is InChI=1S/C13H20N2O2/c1-10-9-11-12(3-2-4-13(11)16)15(10)14-5-7-17-8-6-14/h9,13,16H,2-8H2,1H3. The second-order valence-corrected chi connectivity index (χ2v) is 4.97. The normalized spacial score (nSPS) is 24.8. The molecule has 1 aromatic rings. The molecule has 4 nitrogen and oxygen atoms in total. The molecular formula is C13H20N2O2. The van der Waals surface area contributed by atoms with E-state index >= 15 is 0 Å². The first kappa shape index (κ1) is 11.1. The number of aryl methyl sites for hydroxylation is 1. The van der Waals surface area contributed by atoms with Crippen molar-refractivity contribution in [3.8, 4) is 0 Å². The fraction of sp³-hybridized carbons (Fsp3) is 0.692. The van der Waals surface area contributed by atoms with Crippen LogP contribution in [-0.2, 0) is 11.2 Å². The van der Waals surface area contributed by atoms with Gasteiger partial charge in [0, 0.05) is 17.0 Å². The van der Waals surface area contributed by atoms with Crippen LogP contribution in [0.5, 0.6) is 0 Å². The van der Waals surface area contributed by atoms with Gasteiger partial charge in [-0.2, -0.15) is 0 Å². The van der Waals surface area contributed by atoms with Crippen LogP contribution in [0.3, 0.4) is 0 Å². The molecule has 17 heavy (non-hydrogen) atoms. The summed E-state index contributed by atoms with van der Waals surface area (Å²) in [6, 6.07) is 2.15. The quantitative estimate of drug-likeness (QED) is 0.794. The minimum absolute atomic E-state index is 0.264. The Morgan fingerprint density at radius 3 is 2.88 bits per heavy atom. The maximum absolute atomic E-state index is 10.0. The molecule has 3 rings (SSSR count). The van der Waals surface area contributed by atoms with Crippen molar-refractivity contribution in [3.63, 3.8) is 0 Å². The van der Waals surface area contributed by atoms with E-state index in [4.69, 9.17) is 4.74 Å². The third kappa shape index (κ3) is 1.85. The summed E-state index contributed by atoms with van der Waals surface area (Å²) in [7, 11) is 0. The van der Waals surface area contributed by atoms with Crippen LogP contribution in [0.25, 0.3) is 0 Å². The van der Waals surface area contributed by atoms with Gasteiger partial charge in [0.15, 0.2) is 0 Å². The molecule has 1 aliphatic heterocycles. The van der Waals surface area contributed by atoms with Gasteiger partial charge in [-0.1, -0.05) is 0 Å². The van der Waals surface area contributed by atoms with Crippen LogP contribution in [0.4, 0.5) is 0 Å². The Morgan fingerprint density at radius 2 is 2.12 bits per heavy atom. The first-order valence-corrected chi connectivity index (χ1v) is 6.49. The second-order valence-electron chi connectivity index (χ2n) is 4.97. The molecule has 0 saturated carbocycles. The number of hydrogen-bond acceptors (Lipinski definition) is 3. The Morgan fingerprint density at radius 1 is 1.35 bits per heavy atom. The molecule has 2 aliphatic rings. The summed E-state index contributed by atoms with van der Waals surface area (Å²) in [5, 5.41) is 12.4. The molecule has 0 aromatic carbocycles. The first-order chi connectivity index (χ1) is 8.27. The summed E-state index contributed by atoms with van der Waals surface area (Å²) in [6.07, 6.45) is 2.80. The average Bonchev–Trinajstić information content (AvgIpc) is 2.68. The number of nitrogens with zero attached hydrogens (tertiary/aromatic N) is 2. The van der Waals surface area contributed by atoms with Crippen molar-refractivity contribution in [2.45, 2.75) is 32.3 Å². The van der Waals surface area contributed by atoms with Crippen LogP contribution in [0.2, 0.25) is 0 Å². The fourth-order valence-electron chi connectivity index (χ4n) is 3.01. The van der Waals surface area contributed by atoms with Gasteiger partial charge >= 0.3 is 0 Å². The van der Waals surface area contributed by atoms with Crippen molar-refractivity contribution in [2.24, 2.45) is 0 Å². The van der Waals surface area contributed by atoms with Crippen molar-refractivity contribution in [3.05, 3.63) is 23.0 Å². The highest BCUT2D eigenvalue weighted by atomic mass is 16.5. The van der Waals surface area contributed by atoms with E-state index in [1.807, 2.05) is 0 Å². The highest BCUT2D eigenvalue weighted by Crippen LogP contribution is 2.32. The van der Waals surface area contributed by atoms with Crippen LogP contribution in [0.15, 0.2) is 6.07 Å². The Kier molecular flexibility index (Phi) is 2.84. The van der Waals surface area contributed by atoms with E-state index in [0.29, 0.717) is 0 Å². The molecule has 4 heteroatoms. The molecule has 94 valence electrons. The average molecular weight is 236 g/mol. The molecule has 1 unspecified atom stereocenters. The van der Waals surface area contributed by atoms with E-state index in [1.165, 1.54) is 11.4 Å². The van der Waals surface area contributed by atoms with E-state index in [2.05, 4.69) is 22.7 Å². The summed E-state index contributed by atoms with van der Waals surface area (Å²) in [4.78, 5) is 0. The minimum atomic E-state index is -0.264. The highest BCUT2D eigenvalue weighted by Gasteiger charge is 2.25. The Hall–Kier alpha value is -1.00. The number of morpholine rings is 1. The lowest BCUT2D eigenvalue weighted by Gasteiger charge is -2.33. The van der Waals surface area contributed by atoms with Crippen LogP contribution in [-0.4, -0.2) is 36.1 Å². The fourth-order valence-corrected chi connectivity index (χ4v) is 3.01. The number of fused-ring (bicyclic) bond motifs is 1. The van der Waals surface area contributed by atoms with Crippen molar-refractivity contribution >= 4 is 0 Å². The van der Waals surface area contributed by atoms with Gasteiger partial charge in [-0.3, -0.25) is 4.68 Å². The lowest BCUT2D eigenvalue weighted by molar-refractivity contribution is 0.110. The Labute approximate surface area is 102 Å². The summed E-state index contributed by atoms with van der Waals surface area (Å²) < 4.78 is 7.70. The second kappa shape index (κ2) is 4.35. The van der Waals surface area contributed by atoms with Crippen LogP contribution in [0, 0.1) is 6.92 Å². The number of ether oxygens (including phenoxy) is 1. The van der Waals surface area contributed by atoms with Gasteiger partial charge in [-0.25, -0.2) is 0 Å². The largest absolute Gasteiger partial charge is 0.388 e. The monoisotopic (exact) mass is 236 g/mol. The smallest absolute Gasteiger partial charge is 0.0808 e. The molecule has 1 atom stereocenters. The number of rotatable bonds is 1. The Bertz CT molecular complexity index is 408. The molecule has 1 fully saturated rings. The molecule has 0 radical (unpaired) electrons. The summed E-state index contributed by atoms with van der Waals surface area (Å²) >= 11 is 0. The van der Waals surface area contributed by atoms with Crippen molar-refractivity contribution in [1.29, 1.82) is 0 Å². The van der Waals surface area contributed by atoms with E-state index in [1.54, 1.807) is 0 Å². The minimum Gasteiger partial charge on any atom is -0.388 e. The number of aliphatic hydroxyl groups excluding tert-OH is 1. The predicted octanol–water partition coefficient (Wildman–Crippen LogP) is 1.13. The maximum atomic E-state index is 10.0. The van der Waals surface area contributed by atoms with Gasteiger partial charge in [0.25, 0.3) is 0 Å². The third-order valence-corrected chi connectivity index (χ3v) is 3.81. The van der Waals surface area contributed by atoms with Crippen molar-refractivity contribution < 1.29 is 9.84 Å². The van der Waals surface area contributed by atoms with E-state index < -0.39 is 0 Å². The van der Waals surface area contributed by atoms with E-state index in [9.17, 15) is 5.11 Å². The van der Waals surface area contributed by atoms with Gasteiger partial charge < -0.3 is 14.9 Å². The Balaban J connectivity index is 1.98. The topological polar surface area (TPSA) is 37.6 Å². The SMILES string of the molecule is Cc1cc2c(n1N1CCOCC1)CCCC2O. The van der Waals surface area contributed by atoms with Gasteiger partial charge in [-0.05, 0) is 32.3 Å². The molecule has 0 spiro atoms. The number of aromatic nitrogens is 1. The van der Waals surface area contributed by atoms with Crippen LogP contribution in [0.1, 0.15) is 35.9 Å². The zero-order chi connectivity index (χ0) is 11.8. The zero-order valence-electron chi connectivity index (χ0n) is 10.4. The lowest BCUT2D eigenvalue weighted by Crippen LogP contribution is -2.45. The molecule has 0 bridgehead atoms. The van der Waals surface area contributed by atoms with Crippen molar-refractivity contribution in [1.82, 2.24) is 4.68 Å².